The van der Waals surface area contributed by atoms with E-state index in [4.69, 9.17) is 0 Å². The van der Waals surface area contributed by atoms with Crippen LogP contribution in [0.2, 0.25) is 0 Å². The van der Waals surface area contributed by atoms with Gasteiger partial charge in [-0.25, -0.2) is 4.52 Å². The van der Waals surface area contributed by atoms with E-state index in [0.717, 1.165) is 4.47 Å². The standard InChI is InChI=1S/C13H10BrN5O2/c14-10-5-3-7-18-12(10)16-13(17-18)15-8-9-4-1-2-6-11(9)19(20)21/h1-7H,8H2,(H,15,17). The number of anilines is 1. The number of nitro groups is 1. The quantitative estimate of drug-likeness (QED) is 0.579. The number of aromatic nitrogens is 3. The zero-order valence-corrected chi connectivity index (χ0v) is 12.3. The Morgan fingerprint density at radius 2 is 2.10 bits per heavy atom. The van der Waals surface area contributed by atoms with Crippen molar-refractivity contribution in [2.24, 2.45) is 0 Å². The highest BCUT2D eigenvalue weighted by molar-refractivity contribution is 9.10. The highest BCUT2D eigenvalue weighted by Gasteiger charge is 2.13. The average Bonchev–Trinajstić information content (AvgIpc) is 2.90. The molecule has 0 aliphatic carbocycles. The number of hydrogen-bond donors (Lipinski definition) is 1. The zero-order valence-electron chi connectivity index (χ0n) is 10.7. The van der Waals surface area contributed by atoms with E-state index in [2.05, 4.69) is 31.3 Å². The maximum Gasteiger partial charge on any atom is 0.274 e. The van der Waals surface area contributed by atoms with Gasteiger partial charge in [0.2, 0.25) is 5.95 Å². The predicted molar refractivity (Wildman–Crippen MR) is 81.1 cm³/mol. The SMILES string of the molecule is O=[N+]([O-])c1ccccc1CNc1nc2c(Br)cccn2n1. The van der Waals surface area contributed by atoms with Gasteiger partial charge in [-0.05, 0) is 28.1 Å². The lowest BCUT2D eigenvalue weighted by Gasteiger charge is -2.02. The Bertz CT molecular complexity index is 817. The molecule has 0 aliphatic heterocycles. The van der Waals surface area contributed by atoms with E-state index >= 15 is 0 Å². The fourth-order valence-corrected chi connectivity index (χ4v) is 2.38. The van der Waals surface area contributed by atoms with Crippen molar-refractivity contribution in [2.75, 3.05) is 5.32 Å². The molecule has 3 aromatic rings. The predicted octanol–water partition coefficient (Wildman–Crippen LogP) is 3.01. The Kier molecular flexibility index (Phi) is 3.53. The van der Waals surface area contributed by atoms with Crippen molar-refractivity contribution in [3.05, 3.63) is 62.7 Å². The van der Waals surface area contributed by atoms with Crippen molar-refractivity contribution in [2.45, 2.75) is 6.54 Å². The van der Waals surface area contributed by atoms with Crippen molar-refractivity contribution >= 4 is 33.2 Å². The maximum absolute atomic E-state index is 11.0. The molecule has 106 valence electrons. The summed E-state index contributed by atoms with van der Waals surface area (Å²) in [6.07, 6.45) is 1.78. The van der Waals surface area contributed by atoms with Crippen LogP contribution in [-0.4, -0.2) is 19.5 Å². The van der Waals surface area contributed by atoms with E-state index < -0.39 is 4.92 Å². The number of nitro benzene ring substituents is 1. The maximum atomic E-state index is 11.0. The van der Waals surface area contributed by atoms with Crippen molar-refractivity contribution in [3.8, 4) is 0 Å². The molecule has 0 bridgehead atoms. The Morgan fingerprint density at radius 3 is 2.86 bits per heavy atom. The minimum atomic E-state index is -0.398. The molecule has 1 N–H and O–H groups in total. The van der Waals surface area contributed by atoms with Gasteiger partial charge in [0.25, 0.3) is 5.69 Å². The topological polar surface area (TPSA) is 85.4 Å². The molecule has 2 heterocycles. The lowest BCUT2D eigenvalue weighted by atomic mass is 10.2. The second-order valence-electron chi connectivity index (χ2n) is 4.30. The number of benzene rings is 1. The van der Waals surface area contributed by atoms with Crippen molar-refractivity contribution in [3.63, 3.8) is 0 Å². The third-order valence-corrected chi connectivity index (χ3v) is 3.56. The first kappa shape index (κ1) is 13.5. The largest absolute Gasteiger partial charge is 0.349 e. The molecule has 8 heteroatoms. The van der Waals surface area contributed by atoms with Gasteiger partial charge in [-0.3, -0.25) is 10.1 Å². The molecular formula is C13H10BrN5O2. The number of hydrogen-bond acceptors (Lipinski definition) is 5. The van der Waals surface area contributed by atoms with E-state index in [1.165, 1.54) is 6.07 Å². The summed E-state index contributed by atoms with van der Waals surface area (Å²) in [4.78, 5) is 14.9. The van der Waals surface area contributed by atoms with Crippen LogP contribution in [-0.2, 0) is 6.54 Å². The summed E-state index contributed by atoms with van der Waals surface area (Å²) >= 11 is 3.40. The Balaban J connectivity index is 1.84. The van der Waals surface area contributed by atoms with Gasteiger partial charge in [0.15, 0.2) is 5.65 Å². The molecular weight excluding hydrogens is 338 g/mol. The lowest BCUT2D eigenvalue weighted by molar-refractivity contribution is -0.385. The van der Waals surface area contributed by atoms with Crippen LogP contribution in [0.1, 0.15) is 5.56 Å². The highest BCUT2D eigenvalue weighted by atomic mass is 79.9. The summed E-state index contributed by atoms with van der Waals surface area (Å²) < 4.78 is 2.46. The first-order valence-electron chi connectivity index (χ1n) is 6.12. The number of pyridine rings is 1. The van der Waals surface area contributed by atoms with Crippen LogP contribution in [0.15, 0.2) is 47.1 Å². The van der Waals surface area contributed by atoms with Gasteiger partial charge in [0.1, 0.15) is 0 Å². The third-order valence-electron chi connectivity index (χ3n) is 2.94. The molecule has 7 nitrogen and oxygen atoms in total. The number of fused-ring (bicyclic) bond motifs is 1. The summed E-state index contributed by atoms with van der Waals surface area (Å²) in [6, 6.07) is 10.3. The molecule has 0 unspecified atom stereocenters. The molecule has 3 rings (SSSR count). The van der Waals surface area contributed by atoms with Gasteiger partial charge < -0.3 is 5.32 Å². The zero-order chi connectivity index (χ0) is 14.8. The van der Waals surface area contributed by atoms with E-state index in [0.29, 0.717) is 17.2 Å². The number of halogens is 1. The molecule has 0 atom stereocenters. The number of nitrogens with one attached hydrogen (secondary N) is 1. The summed E-state index contributed by atoms with van der Waals surface area (Å²) in [5.41, 5.74) is 1.35. The van der Waals surface area contributed by atoms with Crippen LogP contribution in [0, 0.1) is 10.1 Å². The van der Waals surface area contributed by atoms with E-state index in [-0.39, 0.29) is 12.2 Å². The van der Waals surface area contributed by atoms with Gasteiger partial charge in [0, 0.05) is 24.4 Å². The molecule has 0 saturated carbocycles. The molecule has 0 fully saturated rings. The fourth-order valence-electron chi connectivity index (χ4n) is 1.96. The molecule has 0 radical (unpaired) electrons. The Labute approximate surface area is 127 Å². The molecule has 2 aromatic heterocycles. The fraction of sp³-hybridized carbons (Fsp3) is 0.0769. The monoisotopic (exact) mass is 347 g/mol. The van der Waals surface area contributed by atoms with Crippen LogP contribution in [0.3, 0.4) is 0 Å². The summed E-state index contributed by atoms with van der Waals surface area (Å²) in [7, 11) is 0. The van der Waals surface area contributed by atoms with Crippen LogP contribution in [0.5, 0.6) is 0 Å². The smallest absolute Gasteiger partial charge is 0.274 e. The summed E-state index contributed by atoms with van der Waals surface area (Å²) in [6.45, 7) is 0.283. The highest BCUT2D eigenvalue weighted by Crippen LogP contribution is 2.20. The third kappa shape index (κ3) is 2.70. The Morgan fingerprint density at radius 1 is 1.29 bits per heavy atom. The van der Waals surface area contributed by atoms with Crippen molar-refractivity contribution in [1.82, 2.24) is 14.6 Å². The van der Waals surface area contributed by atoms with Gasteiger partial charge >= 0.3 is 0 Å². The van der Waals surface area contributed by atoms with Crippen LogP contribution in [0.25, 0.3) is 5.65 Å². The van der Waals surface area contributed by atoms with Gasteiger partial charge in [0.05, 0.1) is 9.40 Å². The number of rotatable bonds is 4. The second kappa shape index (κ2) is 5.49. The summed E-state index contributed by atoms with van der Waals surface area (Å²) in [5, 5.41) is 18.2. The van der Waals surface area contributed by atoms with Crippen LogP contribution >= 0.6 is 15.9 Å². The minimum Gasteiger partial charge on any atom is -0.349 e. The molecule has 0 spiro atoms. The number of para-hydroxylation sites is 1. The van der Waals surface area contributed by atoms with Gasteiger partial charge in [-0.15, -0.1) is 5.10 Å². The van der Waals surface area contributed by atoms with E-state index in [9.17, 15) is 10.1 Å². The van der Waals surface area contributed by atoms with E-state index in [1.807, 2.05) is 12.1 Å². The molecule has 0 amide bonds. The Hall–Kier alpha value is -2.48. The average molecular weight is 348 g/mol. The first-order valence-corrected chi connectivity index (χ1v) is 6.91. The summed E-state index contributed by atoms with van der Waals surface area (Å²) in [5.74, 6) is 0.417. The first-order chi connectivity index (χ1) is 10.1. The number of nitrogens with zero attached hydrogens (tertiary/aromatic N) is 4. The second-order valence-corrected chi connectivity index (χ2v) is 5.15. The van der Waals surface area contributed by atoms with Crippen LogP contribution in [0.4, 0.5) is 11.6 Å². The van der Waals surface area contributed by atoms with E-state index in [1.54, 1.807) is 28.9 Å². The van der Waals surface area contributed by atoms with Gasteiger partial charge in [-0.2, -0.15) is 4.98 Å². The molecule has 0 saturated heterocycles. The minimum absolute atomic E-state index is 0.0787. The molecule has 0 aliphatic rings. The van der Waals surface area contributed by atoms with Crippen LogP contribution < -0.4 is 5.32 Å². The van der Waals surface area contributed by atoms with Crippen molar-refractivity contribution < 1.29 is 4.92 Å². The lowest BCUT2D eigenvalue weighted by Crippen LogP contribution is -2.04. The molecule has 1 aromatic carbocycles. The van der Waals surface area contributed by atoms with Gasteiger partial charge in [-0.1, -0.05) is 18.2 Å². The van der Waals surface area contributed by atoms with Crippen molar-refractivity contribution in [1.29, 1.82) is 0 Å². The normalized spacial score (nSPS) is 10.7. The molecule has 21 heavy (non-hydrogen) atoms.